The van der Waals surface area contributed by atoms with Crippen LogP contribution in [0.2, 0.25) is 0 Å². The summed E-state index contributed by atoms with van der Waals surface area (Å²) in [5.74, 6) is 1.08. The molecule has 0 radical (unpaired) electrons. The number of carbonyl (C=O) groups excluding carboxylic acids is 1. The van der Waals surface area contributed by atoms with Crippen molar-refractivity contribution in [1.82, 2.24) is 10.3 Å². The lowest BCUT2D eigenvalue weighted by molar-refractivity contribution is -0.121. The molecule has 124 valence electrons. The molecule has 7 heteroatoms. The van der Waals surface area contributed by atoms with E-state index < -0.39 is 9.84 Å². The Morgan fingerprint density at radius 3 is 2.91 bits per heavy atom. The molecule has 1 aromatic carbocycles. The van der Waals surface area contributed by atoms with E-state index in [1.54, 1.807) is 0 Å². The molecule has 0 saturated carbocycles. The highest BCUT2D eigenvalue weighted by Gasteiger charge is 2.27. The molecule has 1 amide bonds. The summed E-state index contributed by atoms with van der Waals surface area (Å²) < 4.78 is 28.3. The summed E-state index contributed by atoms with van der Waals surface area (Å²) in [5.41, 5.74) is 1.59. The van der Waals surface area contributed by atoms with Gasteiger partial charge in [-0.2, -0.15) is 0 Å². The first-order valence-corrected chi connectivity index (χ1v) is 9.65. The van der Waals surface area contributed by atoms with E-state index in [1.807, 2.05) is 24.3 Å². The Bertz CT molecular complexity index is 764. The summed E-state index contributed by atoms with van der Waals surface area (Å²) >= 11 is 0. The van der Waals surface area contributed by atoms with Crippen LogP contribution >= 0.6 is 0 Å². The van der Waals surface area contributed by atoms with E-state index in [4.69, 9.17) is 4.42 Å². The van der Waals surface area contributed by atoms with Crippen molar-refractivity contribution in [3.05, 3.63) is 30.2 Å². The van der Waals surface area contributed by atoms with E-state index in [1.165, 1.54) is 0 Å². The van der Waals surface area contributed by atoms with Crippen molar-refractivity contribution in [1.29, 1.82) is 0 Å². The number of fused-ring (bicyclic) bond motifs is 1. The van der Waals surface area contributed by atoms with Crippen LogP contribution < -0.4 is 5.32 Å². The van der Waals surface area contributed by atoms with Crippen LogP contribution in [0.4, 0.5) is 0 Å². The van der Waals surface area contributed by atoms with E-state index in [-0.39, 0.29) is 23.3 Å². The molecule has 0 spiro atoms. The standard InChI is InChI=1S/C16H20N2O4S/c19-15(17-10-12-8-9-23(20,21)11-12)6-3-7-16-18-13-4-1-2-5-14(13)22-16/h1-2,4-5,12H,3,6-11H2,(H,17,19)/t12-/m1/s1. The second-order valence-corrected chi connectivity index (χ2v) is 8.23. The topological polar surface area (TPSA) is 89.3 Å². The Hall–Kier alpha value is -1.89. The minimum Gasteiger partial charge on any atom is -0.441 e. The largest absolute Gasteiger partial charge is 0.441 e. The van der Waals surface area contributed by atoms with Crippen LogP contribution in [0.25, 0.3) is 11.1 Å². The molecule has 1 atom stereocenters. The fourth-order valence-corrected chi connectivity index (χ4v) is 4.67. The summed E-state index contributed by atoms with van der Waals surface area (Å²) in [6.45, 7) is 0.445. The van der Waals surface area contributed by atoms with Gasteiger partial charge in [0.1, 0.15) is 5.52 Å². The maximum Gasteiger partial charge on any atom is 0.220 e. The second kappa shape index (κ2) is 6.70. The Labute approximate surface area is 135 Å². The highest BCUT2D eigenvalue weighted by atomic mass is 32.2. The van der Waals surface area contributed by atoms with E-state index in [0.717, 1.165) is 11.1 Å². The molecule has 2 heterocycles. The molecule has 3 rings (SSSR count). The van der Waals surface area contributed by atoms with Crippen LogP contribution in [-0.2, 0) is 21.1 Å². The number of carbonyl (C=O) groups is 1. The van der Waals surface area contributed by atoms with Gasteiger partial charge in [-0.05, 0) is 30.9 Å². The van der Waals surface area contributed by atoms with E-state index >= 15 is 0 Å². The summed E-state index contributed by atoms with van der Waals surface area (Å²) in [6.07, 6.45) is 2.30. The Morgan fingerprint density at radius 2 is 2.17 bits per heavy atom. The molecule has 1 fully saturated rings. The highest BCUT2D eigenvalue weighted by molar-refractivity contribution is 7.91. The van der Waals surface area contributed by atoms with Crippen molar-refractivity contribution in [3.8, 4) is 0 Å². The Morgan fingerprint density at radius 1 is 1.35 bits per heavy atom. The second-order valence-electron chi connectivity index (χ2n) is 6.00. The number of rotatable bonds is 6. The van der Waals surface area contributed by atoms with Crippen LogP contribution in [0.15, 0.2) is 28.7 Å². The van der Waals surface area contributed by atoms with Gasteiger partial charge in [0.25, 0.3) is 0 Å². The zero-order chi connectivity index (χ0) is 16.3. The Kier molecular flexibility index (Phi) is 4.66. The average Bonchev–Trinajstić information content (AvgIpc) is 3.07. The maximum atomic E-state index is 11.8. The maximum absolute atomic E-state index is 11.8. The predicted octanol–water partition coefficient (Wildman–Crippen LogP) is 1.70. The van der Waals surface area contributed by atoms with Crippen molar-refractivity contribution in [2.45, 2.75) is 25.7 Å². The molecule has 1 aromatic heterocycles. The lowest BCUT2D eigenvalue weighted by atomic mass is 10.1. The number of hydrogen-bond donors (Lipinski definition) is 1. The number of hydrogen-bond acceptors (Lipinski definition) is 5. The molecule has 1 aliphatic rings. The van der Waals surface area contributed by atoms with E-state index in [0.29, 0.717) is 38.1 Å². The van der Waals surface area contributed by atoms with Gasteiger partial charge in [-0.1, -0.05) is 12.1 Å². The minimum absolute atomic E-state index is 0.0505. The van der Waals surface area contributed by atoms with Crippen molar-refractivity contribution < 1.29 is 17.6 Å². The van der Waals surface area contributed by atoms with Crippen molar-refractivity contribution in [2.75, 3.05) is 18.1 Å². The van der Waals surface area contributed by atoms with Crippen LogP contribution in [0.5, 0.6) is 0 Å². The van der Waals surface area contributed by atoms with E-state index in [2.05, 4.69) is 10.3 Å². The lowest BCUT2D eigenvalue weighted by Gasteiger charge is -2.09. The monoisotopic (exact) mass is 336 g/mol. The van der Waals surface area contributed by atoms with Gasteiger partial charge >= 0.3 is 0 Å². The molecule has 6 nitrogen and oxygen atoms in total. The van der Waals surface area contributed by atoms with Gasteiger partial charge in [0.15, 0.2) is 21.3 Å². The fourth-order valence-electron chi connectivity index (χ4n) is 2.81. The fraction of sp³-hybridized carbons (Fsp3) is 0.500. The highest BCUT2D eigenvalue weighted by Crippen LogP contribution is 2.18. The van der Waals surface area contributed by atoms with Crippen LogP contribution in [0.3, 0.4) is 0 Å². The van der Waals surface area contributed by atoms with Crippen molar-refractivity contribution in [2.24, 2.45) is 5.92 Å². The van der Waals surface area contributed by atoms with Gasteiger partial charge in [-0.3, -0.25) is 4.79 Å². The molecule has 1 aliphatic heterocycles. The number of benzene rings is 1. The molecule has 0 bridgehead atoms. The van der Waals surface area contributed by atoms with Gasteiger partial charge < -0.3 is 9.73 Å². The van der Waals surface area contributed by atoms with Crippen molar-refractivity contribution >= 4 is 26.8 Å². The SMILES string of the molecule is O=C(CCCc1nc2ccccc2o1)NC[C@H]1CCS(=O)(=O)C1. The lowest BCUT2D eigenvalue weighted by Crippen LogP contribution is -2.29. The first-order valence-electron chi connectivity index (χ1n) is 7.83. The number of aryl methyl sites for hydroxylation is 1. The molecule has 2 aromatic rings. The molecular weight excluding hydrogens is 316 g/mol. The third kappa shape index (κ3) is 4.31. The summed E-state index contributed by atoms with van der Waals surface area (Å²) in [4.78, 5) is 16.2. The zero-order valence-corrected chi connectivity index (χ0v) is 13.6. The van der Waals surface area contributed by atoms with Crippen LogP contribution in [-0.4, -0.2) is 37.4 Å². The number of nitrogens with one attached hydrogen (secondary N) is 1. The Balaban J connectivity index is 1.39. The number of oxazole rings is 1. The number of aromatic nitrogens is 1. The van der Waals surface area contributed by atoms with Crippen LogP contribution in [0.1, 0.15) is 25.2 Å². The quantitative estimate of drug-likeness (QED) is 0.867. The summed E-state index contributed by atoms with van der Waals surface area (Å²) in [6, 6.07) is 7.57. The predicted molar refractivity (Wildman–Crippen MR) is 86.7 cm³/mol. The number of amides is 1. The van der Waals surface area contributed by atoms with Gasteiger partial charge in [0.2, 0.25) is 5.91 Å². The summed E-state index contributed by atoms with van der Waals surface area (Å²) in [5, 5.41) is 2.82. The number of nitrogens with zero attached hydrogens (tertiary/aromatic N) is 1. The third-order valence-electron chi connectivity index (χ3n) is 4.05. The first-order chi connectivity index (χ1) is 11.0. The number of para-hydroxylation sites is 2. The average molecular weight is 336 g/mol. The smallest absolute Gasteiger partial charge is 0.220 e. The third-order valence-corrected chi connectivity index (χ3v) is 5.88. The molecule has 1 saturated heterocycles. The van der Waals surface area contributed by atoms with Crippen LogP contribution in [0, 0.1) is 5.92 Å². The molecule has 23 heavy (non-hydrogen) atoms. The minimum atomic E-state index is -2.88. The normalized spacial score (nSPS) is 19.9. The molecule has 0 aliphatic carbocycles. The van der Waals surface area contributed by atoms with E-state index in [9.17, 15) is 13.2 Å². The molecule has 0 unspecified atom stereocenters. The van der Waals surface area contributed by atoms with Gasteiger partial charge in [-0.25, -0.2) is 13.4 Å². The summed E-state index contributed by atoms with van der Waals surface area (Å²) in [7, 11) is -2.88. The number of sulfone groups is 1. The van der Waals surface area contributed by atoms with Gasteiger partial charge in [-0.15, -0.1) is 0 Å². The molecular formula is C16H20N2O4S. The zero-order valence-electron chi connectivity index (χ0n) is 12.8. The van der Waals surface area contributed by atoms with Crippen molar-refractivity contribution in [3.63, 3.8) is 0 Å². The first kappa shape index (κ1) is 16.0. The molecule has 1 N–H and O–H groups in total. The van der Waals surface area contributed by atoms with Gasteiger partial charge in [0.05, 0.1) is 11.5 Å². The van der Waals surface area contributed by atoms with Gasteiger partial charge in [0, 0.05) is 19.4 Å².